The van der Waals surface area contributed by atoms with Gasteiger partial charge in [-0.1, -0.05) is 30.3 Å². The first-order valence-electron chi connectivity index (χ1n) is 6.71. The molecular formula is C17H15FN2O. The Morgan fingerprint density at radius 3 is 2.67 bits per heavy atom. The van der Waals surface area contributed by atoms with E-state index in [-0.39, 0.29) is 11.9 Å². The fourth-order valence-electron chi connectivity index (χ4n) is 2.29. The lowest BCUT2D eigenvalue weighted by molar-refractivity contribution is 0.219. The number of anilines is 1. The number of hydrogen-bond donors (Lipinski definition) is 1. The first-order chi connectivity index (χ1) is 10.2. The summed E-state index contributed by atoms with van der Waals surface area (Å²) in [4.78, 5) is 4.20. The van der Waals surface area contributed by atoms with Crippen molar-refractivity contribution in [3.8, 4) is 5.75 Å². The molecule has 1 aromatic heterocycles. The van der Waals surface area contributed by atoms with Gasteiger partial charge in [0.2, 0.25) is 0 Å². The number of hydrogen-bond acceptors (Lipinski definition) is 3. The number of nitrogens with two attached hydrogens (primary N) is 1. The molecule has 1 unspecified atom stereocenters. The largest absolute Gasteiger partial charge is 0.481 e. The third-order valence-electron chi connectivity index (χ3n) is 3.40. The second kappa shape index (κ2) is 5.40. The fraction of sp³-hybridized carbons (Fsp3) is 0.118. The summed E-state index contributed by atoms with van der Waals surface area (Å²) in [5.74, 6) is -0.363. The number of aromatic nitrogens is 1. The number of nitrogen functional groups attached to an aromatic ring is 1. The van der Waals surface area contributed by atoms with E-state index in [1.807, 2.05) is 37.3 Å². The van der Waals surface area contributed by atoms with Crippen LogP contribution in [-0.4, -0.2) is 4.98 Å². The van der Waals surface area contributed by atoms with Gasteiger partial charge in [0.05, 0.1) is 0 Å². The first-order valence-corrected chi connectivity index (χ1v) is 6.71. The van der Waals surface area contributed by atoms with Crippen molar-refractivity contribution in [2.45, 2.75) is 13.0 Å². The number of halogens is 1. The molecule has 0 fully saturated rings. The molecule has 0 spiro atoms. The van der Waals surface area contributed by atoms with E-state index in [2.05, 4.69) is 4.98 Å². The third kappa shape index (κ3) is 2.52. The molecule has 1 atom stereocenters. The number of ether oxygens (including phenoxy) is 1. The number of benzene rings is 2. The second-order valence-corrected chi connectivity index (χ2v) is 4.85. The molecule has 3 rings (SSSR count). The van der Waals surface area contributed by atoms with E-state index in [4.69, 9.17) is 10.5 Å². The zero-order valence-electron chi connectivity index (χ0n) is 11.6. The van der Waals surface area contributed by atoms with Crippen LogP contribution in [0.5, 0.6) is 5.75 Å². The Balaban J connectivity index is 2.05. The molecule has 2 N–H and O–H groups in total. The molecule has 0 aliphatic heterocycles. The number of nitrogens with zero attached hydrogens (tertiary/aromatic N) is 1. The van der Waals surface area contributed by atoms with Crippen molar-refractivity contribution in [1.82, 2.24) is 4.98 Å². The van der Waals surface area contributed by atoms with Gasteiger partial charge in [0.25, 0.3) is 0 Å². The summed E-state index contributed by atoms with van der Waals surface area (Å²) in [7, 11) is 0. The molecule has 0 aliphatic rings. The molecule has 0 bridgehead atoms. The van der Waals surface area contributed by atoms with Crippen molar-refractivity contribution < 1.29 is 9.13 Å². The van der Waals surface area contributed by atoms with E-state index in [1.165, 1.54) is 6.07 Å². The summed E-state index contributed by atoms with van der Waals surface area (Å²) in [6.07, 6.45) is 1.32. The van der Waals surface area contributed by atoms with Crippen LogP contribution in [0.4, 0.5) is 10.1 Å². The predicted octanol–water partition coefficient (Wildman–Crippen LogP) is 4.10. The zero-order valence-corrected chi connectivity index (χ0v) is 11.6. The van der Waals surface area contributed by atoms with Gasteiger partial charge >= 0.3 is 0 Å². The van der Waals surface area contributed by atoms with Gasteiger partial charge in [-0.15, -0.1) is 0 Å². The van der Waals surface area contributed by atoms with Gasteiger partial charge in [0.15, 0.2) is 11.6 Å². The standard InChI is InChI=1S/C17H15FN2O/c1-11(12-6-3-2-4-7-12)21-17-14(18)10-15(19)13-8-5-9-20-16(13)17/h2-11H,19H2,1H3. The molecule has 0 aliphatic carbocycles. The first kappa shape index (κ1) is 13.4. The van der Waals surface area contributed by atoms with Crippen molar-refractivity contribution in [2.24, 2.45) is 0 Å². The summed E-state index contributed by atoms with van der Waals surface area (Å²) in [5.41, 5.74) is 7.60. The minimum atomic E-state index is -0.499. The van der Waals surface area contributed by atoms with Crippen molar-refractivity contribution in [2.75, 3.05) is 5.73 Å². The Morgan fingerprint density at radius 2 is 1.90 bits per heavy atom. The van der Waals surface area contributed by atoms with Gasteiger partial charge in [-0.05, 0) is 24.6 Å². The summed E-state index contributed by atoms with van der Waals surface area (Å²) in [6.45, 7) is 1.87. The molecule has 0 amide bonds. The van der Waals surface area contributed by atoms with Gasteiger partial charge in [0, 0.05) is 23.3 Å². The Hall–Kier alpha value is -2.62. The smallest absolute Gasteiger partial charge is 0.182 e. The maximum atomic E-state index is 14.2. The van der Waals surface area contributed by atoms with E-state index in [1.54, 1.807) is 18.3 Å². The average molecular weight is 282 g/mol. The molecule has 3 aromatic rings. The Kier molecular flexibility index (Phi) is 3.44. The van der Waals surface area contributed by atoms with Gasteiger partial charge in [-0.2, -0.15) is 0 Å². The van der Waals surface area contributed by atoms with Gasteiger partial charge in [-0.3, -0.25) is 4.98 Å². The maximum absolute atomic E-state index is 14.2. The second-order valence-electron chi connectivity index (χ2n) is 4.85. The van der Waals surface area contributed by atoms with Gasteiger partial charge in [-0.25, -0.2) is 4.39 Å². The quantitative estimate of drug-likeness (QED) is 0.736. The van der Waals surface area contributed by atoms with E-state index in [0.717, 1.165) is 5.56 Å². The van der Waals surface area contributed by atoms with Gasteiger partial charge in [0.1, 0.15) is 11.6 Å². The SMILES string of the molecule is CC(Oc1c(F)cc(N)c2cccnc12)c1ccccc1. The molecule has 0 saturated carbocycles. The Labute approximate surface area is 122 Å². The van der Waals surface area contributed by atoms with Crippen LogP contribution in [0.25, 0.3) is 10.9 Å². The molecule has 106 valence electrons. The summed E-state index contributed by atoms with van der Waals surface area (Å²) in [6, 6.07) is 14.5. The summed E-state index contributed by atoms with van der Waals surface area (Å²) >= 11 is 0. The van der Waals surface area contributed by atoms with Crippen LogP contribution < -0.4 is 10.5 Å². The van der Waals surface area contributed by atoms with Crippen molar-refractivity contribution >= 4 is 16.6 Å². The lowest BCUT2D eigenvalue weighted by Crippen LogP contribution is -2.06. The topological polar surface area (TPSA) is 48.1 Å². The normalized spacial score (nSPS) is 12.3. The summed E-state index contributed by atoms with van der Waals surface area (Å²) in [5, 5.41) is 0.689. The van der Waals surface area contributed by atoms with Crippen LogP contribution in [0.3, 0.4) is 0 Å². The lowest BCUT2D eigenvalue weighted by Gasteiger charge is -2.17. The Morgan fingerprint density at radius 1 is 1.14 bits per heavy atom. The Bertz CT molecular complexity index is 774. The average Bonchev–Trinajstić information content (AvgIpc) is 2.52. The van der Waals surface area contributed by atoms with E-state index < -0.39 is 5.82 Å². The van der Waals surface area contributed by atoms with E-state index >= 15 is 0 Å². The van der Waals surface area contributed by atoms with Crippen LogP contribution in [0, 0.1) is 5.82 Å². The highest BCUT2D eigenvalue weighted by Gasteiger charge is 2.16. The van der Waals surface area contributed by atoms with Crippen molar-refractivity contribution in [1.29, 1.82) is 0 Å². The highest BCUT2D eigenvalue weighted by molar-refractivity contribution is 5.94. The molecule has 21 heavy (non-hydrogen) atoms. The molecule has 2 aromatic carbocycles. The predicted molar refractivity (Wildman–Crippen MR) is 81.6 cm³/mol. The molecule has 0 saturated heterocycles. The number of rotatable bonds is 3. The molecule has 3 nitrogen and oxygen atoms in total. The van der Waals surface area contributed by atoms with Crippen LogP contribution in [-0.2, 0) is 0 Å². The summed E-state index contributed by atoms with van der Waals surface area (Å²) < 4.78 is 20.0. The van der Waals surface area contributed by atoms with Gasteiger partial charge < -0.3 is 10.5 Å². The van der Waals surface area contributed by atoms with E-state index in [9.17, 15) is 4.39 Å². The molecular weight excluding hydrogens is 267 g/mol. The highest BCUT2D eigenvalue weighted by Crippen LogP contribution is 2.34. The zero-order chi connectivity index (χ0) is 14.8. The molecule has 0 radical (unpaired) electrons. The lowest BCUT2D eigenvalue weighted by atomic mass is 10.1. The van der Waals surface area contributed by atoms with E-state index in [0.29, 0.717) is 16.6 Å². The minimum absolute atomic E-state index is 0.135. The third-order valence-corrected chi connectivity index (χ3v) is 3.40. The van der Waals surface area contributed by atoms with Crippen LogP contribution in [0.1, 0.15) is 18.6 Å². The number of fused-ring (bicyclic) bond motifs is 1. The fourth-order valence-corrected chi connectivity index (χ4v) is 2.29. The monoisotopic (exact) mass is 282 g/mol. The molecule has 1 heterocycles. The van der Waals surface area contributed by atoms with Crippen molar-refractivity contribution in [3.63, 3.8) is 0 Å². The van der Waals surface area contributed by atoms with Crippen LogP contribution >= 0.6 is 0 Å². The highest BCUT2D eigenvalue weighted by atomic mass is 19.1. The number of pyridine rings is 1. The molecule has 4 heteroatoms. The van der Waals surface area contributed by atoms with Crippen molar-refractivity contribution in [3.05, 3.63) is 66.1 Å². The van der Waals surface area contributed by atoms with Crippen LogP contribution in [0.2, 0.25) is 0 Å². The minimum Gasteiger partial charge on any atom is -0.481 e. The maximum Gasteiger partial charge on any atom is 0.182 e. The van der Waals surface area contributed by atoms with Crippen LogP contribution in [0.15, 0.2) is 54.7 Å².